The first-order valence-corrected chi connectivity index (χ1v) is 19.3. The van der Waals surface area contributed by atoms with Crippen molar-refractivity contribution in [1.29, 1.82) is 0 Å². The Bertz CT molecular complexity index is 3200. The van der Waals surface area contributed by atoms with Gasteiger partial charge in [0.25, 0.3) is 0 Å². The maximum absolute atomic E-state index is 6.53. The van der Waals surface area contributed by atoms with Gasteiger partial charge in [-0.15, -0.1) is 0 Å². The van der Waals surface area contributed by atoms with Crippen LogP contribution in [-0.4, -0.2) is 11.7 Å². The van der Waals surface area contributed by atoms with E-state index in [1.165, 1.54) is 10.9 Å². The van der Waals surface area contributed by atoms with Gasteiger partial charge < -0.3 is 9.73 Å². The molecule has 0 spiro atoms. The third-order valence-electron chi connectivity index (χ3n) is 11.1. The number of furan rings is 1. The van der Waals surface area contributed by atoms with Gasteiger partial charge in [-0.2, -0.15) is 0 Å². The Balaban J connectivity index is 1.09. The zero-order valence-electron chi connectivity index (χ0n) is 30.9. The van der Waals surface area contributed by atoms with Crippen LogP contribution in [0, 0.1) is 0 Å². The fourth-order valence-corrected chi connectivity index (χ4v) is 8.33. The van der Waals surface area contributed by atoms with Gasteiger partial charge in [-0.05, 0) is 79.2 Å². The molecule has 4 heteroatoms. The third-order valence-corrected chi connectivity index (χ3v) is 11.1. The van der Waals surface area contributed by atoms with Crippen molar-refractivity contribution >= 4 is 55.2 Å². The molecule has 1 aliphatic rings. The maximum Gasteiger partial charge on any atom is 0.170 e. The van der Waals surface area contributed by atoms with Crippen LogP contribution in [0.15, 0.2) is 215 Å². The second-order valence-electron chi connectivity index (χ2n) is 14.6. The Labute approximate surface area is 330 Å². The minimum atomic E-state index is -0.485. The summed E-state index contributed by atoms with van der Waals surface area (Å²) in [5, 5.41) is 10.5. The molecule has 1 aromatic heterocycles. The van der Waals surface area contributed by atoms with Crippen molar-refractivity contribution in [2.45, 2.75) is 6.17 Å². The van der Waals surface area contributed by atoms with Gasteiger partial charge in [-0.1, -0.05) is 176 Å². The van der Waals surface area contributed by atoms with Gasteiger partial charge in [0.05, 0.1) is 0 Å². The number of nitrogens with one attached hydrogen (secondary N) is 1. The van der Waals surface area contributed by atoms with Crippen molar-refractivity contribution in [3.05, 3.63) is 217 Å². The Kier molecular flexibility index (Phi) is 7.85. The first-order valence-electron chi connectivity index (χ1n) is 19.3. The number of rotatable bonds is 6. The Hall–Kier alpha value is -7.56. The lowest BCUT2D eigenvalue weighted by molar-refractivity contribution is 0.669. The average Bonchev–Trinajstić information content (AvgIpc) is 3.67. The Morgan fingerprint density at radius 3 is 1.77 bits per heavy atom. The topological polar surface area (TPSA) is 49.9 Å². The predicted molar refractivity (Wildman–Crippen MR) is 237 cm³/mol. The number of hydrogen-bond acceptors (Lipinski definition) is 4. The lowest BCUT2D eigenvalue weighted by atomic mass is 9.90. The minimum absolute atomic E-state index is 0.485. The molecule has 0 fully saturated rings. The number of fused-ring (bicyclic) bond motifs is 5. The van der Waals surface area contributed by atoms with Gasteiger partial charge in [0, 0.05) is 27.5 Å². The summed E-state index contributed by atoms with van der Waals surface area (Å²) in [5.41, 5.74) is 11.7. The van der Waals surface area contributed by atoms with E-state index in [0.717, 1.165) is 94.3 Å². The van der Waals surface area contributed by atoms with Crippen LogP contribution in [0.1, 0.15) is 22.9 Å². The highest BCUT2D eigenvalue weighted by Gasteiger charge is 2.24. The third kappa shape index (κ3) is 5.87. The maximum atomic E-state index is 6.53. The van der Waals surface area contributed by atoms with Gasteiger partial charge in [0.2, 0.25) is 0 Å². The van der Waals surface area contributed by atoms with Gasteiger partial charge in [-0.25, -0.2) is 9.98 Å². The number of benzene rings is 9. The standard InChI is InChI=1S/C53H35N3O/c1-3-13-34(14-4-1)37-25-28-38(29-26-37)51-54-52(40-30-27-36-17-7-8-18-39(36)31-40)56-53(55-51)45-23-12-20-42-43(45)21-11-22-44(42)47-32-41(35-15-5-2-6-16-35)33-49-50(47)46-19-9-10-24-48(46)57-49/h1-33,53H,(H,54,55,56). The smallest absolute Gasteiger partial charge is 0.170 e. The lowest BCUT2D eigenvalue weighted by Crippen LogP contribution is -2.36. The molecule has 1 N–H and O–H groups in total. The quantitative estimate of drug-likeness (QED) is 0.185. The van der Waals surface area contributed by atoms with Crippen LogP contribution in [0.3, 0.4) is 0 Å². The van der Waals surface area contributed by atoms with E-state index in [-0.39, 0.29) is 0 Å². The van der Waals surface area contributed by atoms with E-state index in [4.69, 9.17) is 14.4 Å². The number of hydrogen-bond donors (Lipinski definition) is 1. The van der Waals surface area contributed by atoms with Crippen LogP contribution >= 0.6 is 0 Å². The fraction of sp³-hybridized carbons (Fsp3) is 0.0189. The summed E-state index contributed by atoms with van der Waals surface area (Å²) >= 11 is 0. The predicted octanol–water partition coefficient (Wildman–Crippen LogP) is 13.4. The fourth-order valence-electron chi connectivity index (χ4n) is 8.33. The number of para-hydroxylation sites is 1. The molecule has 0 radical (unpaired) electrons. The zero-order chi connectivity index (χ0) is 37.7. The summed E-state index contributed by atoms with van der Waals surface area (Å²) in [7, 11) is 0. The molecule has 1 atom stereocenters. The molecule has 0 saturated heterocycles. The van der Waals surface area contributed by atoms with E-state index in [2.05, 4.69) is 193 Å². The molecule has 0 aliphatic carbocycles. The summed E-state index contributed by atoms with van der Waals surface area (Å²) in [4.78, 5) is 10.7. The molecule has 4 nitrogen and oxygen atoms in total. The lowest BCUT2D eigenvalue weighted by Gasteiger charge is -2.24. The molecule has 11 rings (SSSR count). The van der Waals surface area contributed by atoms with E-state index in [1.54, 1.807) is 0 Å². The first kappa shape index (κ1) is 32.8. The van der Waals surface area contributed by atoms with Crippen LogP contribution in [0.25, 0.3) is 76.9 Å². The molecule has 0 saturated carbocycles. The summed E-state index contributed by atoms with van der Waals surface area (Å²) < 4.78 is 6.53. The molecular formula is C53H35N3O. The molecule has 1 unspecified atom stereocenters. The summed E-state index contributed by atoms with van der Waals surface area (Å²) in [6.07, 6.45) is -0.485. The molecule has 2 heterocycles. The highest BCUT2D eigenvalue weighted by molar-refractivity contribution is 6.18. The van der Waals surface area contributed by atoms with Crippen LogP contribution < -0.4 is 5.32 Å². The van der Waals surface area contributed by atoms with Crippen molar-refractivity contribution in [2.24, 2.45) is 9.98 Å². The van der Waals surface area contributed by atoms with Crippen LogP contribution in [-0.2, 0) is 0 Å². The summed E-state index contributed by atoms with van der Waals surface area (Å²) in [5.74, 6) is 1.58. The second-order valence-corrected chi connectivity index (χ2v) is 14.6. The largest absolute Gasteiger partial charge is 0.456 e. The van der Waals surface area contributed by atoms with E-state index in [0.29, 0.717) is 0 Å². The molecule has 0 bridgehead atoms. The minimum Gasteiger partial charge on any atom is -0.456 e. The number of aliphatic imine (C=N–C) groups is 2. The van der Waals surface area contributed by atoms with Crippen LogP contribution in [0.4, 0.5) is 0 Å². The molecule has 268 valence electrons. The van der Waals surface area contributed by atoms with E-state index >= 15 is 0 Å². The molecule has 1 aliphatic heterocycles. The van der Waals surface area contributed by atoms with Crippen molar-refractivity contribution in [2.75, 3.05) is 0 Å². The van der Waals surface area contributed by atoms with Crippen molar-refractivity contribution < 1.29 is 4.42 Å². The normalized spacial score (nSPS) is 14.1. The monoisotopic (exact) mass is 729 g/mol. The summed E-state index contributed by atoms with van der Waals surface area (Å²) in [6.45, 7) is 0. The first-order chi connectivity index (χ1) is 28.2. The van der Waals surface area contributed by atoms with Crippen LogP contribution in [0.5, 0.6) is 0 Å². The second kappa shape index (κ2) is 13.6. The van der Waals surface area contributed by atoms with Gasteiger partial charge in [0.1, 0.15) is 22.8 Å². The Morgan fingerprint density at radius 2 is 0.965 bits per heavy atom. The SMILES string of the molecule is c1ccc(-c2ccc(C3=NC(c4cccc5c(-c6cc(-c7ccccc7)cc7oc8ccccc8c67)cccc45)N=C(c4ccc5ccccc5c4)N3)cc2)cc1. The average molecular weight is 730 g/mol. The molecule has 10 aromatic rings. The number of amidine groups is 2. The highest BCUT2D eigenvalue weighted by Crippen LogP contribution is 2.43. The van der Waals surface area contributed by atoms with Gasteiger partial charge in [-0.3, -0.25) is 0 Å². The Morgan fingerprint density at radius 1 is 0.368 bits per heavy atom. The van der Waals surface area contributed by atoms with Crippen molar-refractivity contribution in [1.82, 2.24) is 5.32 Å². The van der Waals surface area contributed by atoms with Crippen molar-refractivity contribution in [3.63, 3.8) is 0 Å². The molecule has 57 heavy (non-hydrogen) atoms. The van der Waals surface area contributed by atoms with Crippen molar-refractivity contribution in [3.8, 4) is 33.4 Å². The molecule has 9 aromatic carbocycles. The van der Waals surface area contributed by atoms with Gasteiger partial charge >= 0.3 is 0 Å². The van der Waals surface area contributed by atoms with E-state index < -0.39 is 6.17 Å². The van der Waals surface area contributed by atoms with Gasteiger partial charge in [0.15, 0.2) is 6.17 Å². The zero-order valence-corrected chi connectivity index (χ0v) is 30.9. The highest BCUT2D eigenvalue weighted by atomic mass is 16.3. The number of nitrogens with zero attached hydrogens (tertiary/aromatic N) is 2. The van der Waals surface area contributed by atoms with E-state index in [9.17, 15) is 0 Å². The van der Waals surface area contributed by atoms with Crippen LogP contribution in [0.2, 0.25) is 0 Å². The molecule has 0 amide bonds. The molecular weight excluding hydrogens is 695 g/mol. The summed E-state index contributed by atoms with van der Waals surface area (Å²) in [6, 6.07) is 70.5. The van der Waals surface area contributed by atoms with E-state index in [1.807, 2.05) is 12.1 Å².